The third kappa shape index (κ3) is 4.22. The van der Waals surface area contributed by atoms with E-state index in [1.54, 1.807) is 24.3 Å². The van der Waals surface area contributed by atoms with Crippen molar-refractivity contribution in [2.45, 2.75) is 18.9 Å². The Morgan fingerprint density at radius 3 is 2.53 bits per heavy atom. The molecule has 1 saturated heterocycles. The number of nitrogens with two attached hydrogens (primary N) is 1. The first-order chi connectivity index (χ1) is 9.15. The fraction of sp³-hybridized carbons (Fsp3) is 0.500. The molecule has 1 heterocycles. The zero-order valence-corrected chi connectivity index (χ0v) is 10.9. The first kappa shape index (κ1) is 13.8. The minimum absolute atomic E-state index is 0.275. The molecule has 0 radical (unpaired) electrons. The van der Waals surface area contributed by atoms with Crippen molar-refractivity contribution in [3.05, 3.63) is 29.8 Å². The lowest BCUT2D eigenvalue weighted by atomic mass is 10.1. The molecule has 3 N–H and O–H groups in total. The van der Waals surface area contributed by atoms with Crippen LogP contribution in [0.25, 0.3) is 0 Å². The first-order valence-corrected chi connectivity index (χ1v) is 6.59. The summed E-state index contributed by atoms with van der Waals surface area (Å²) in [6.07, 6.45) is 2.10. The molecule has 19 heavy (non-hydrogen) atoms. The summed E-state index contributed by atoms with van der Waals surface area (Å²) in [5.41, 5.74) is 6.12. The molecule has 104 valence electrons. The molecular formula is C14H20N2O3. The van der Waals surface area contributed by atoms with Crippen molar-refractivity contribution in [2.24, 2.45) is 5.73 Å². The Morgan fingerprint density at radius 2 is 1.95 bits per heavy atom. The van der Waals surface area contributed by atoms with Crippen molar-refractivity contribution in [3.63, 3.8) is 0 Å². The lowest BCUT2D eigenvalue weighted by molar-refractivity contribution is 0.0697. The number of piperidine rings is 1. The molecule has 5 heteroatoms. The van der Waals surface area contributed by atoms with Crippen molar-refractivity contribution in [1.29, 1.82) is 0 Å². The highest BCUT2D eigenvalue weighted by molar-refractivity contribution is 5.87. The third-order valence-corrected chi connectivity index (χ3v) is 3.41. The van der Waals surface area contributed by atoms with E-state index in [0.29, 0.717) is 18.4 Å². The number of benzene rings is 1. The number of carbonyl (C=O) groups is 1. The molecule has 1 aliphatic rings. The van der Waals surface area contributed by atoms with E-state index in [1.165, 1.54) is 0 Å². The Balaban J connectivity index is 1.72. The van der Waals surface area contributed by atoms with Gasteiger partial charge in [0.15, 0.2) is 0 Å². The summed E-state index contributed by atoms with van der Waals surface area (Å²) in [7, 11) is 0. The van der Waals surface area contributed by atoms with Gasteiger partial charge in [0.1, 0.15) is 12.4 Å². The molecule has 1 aliphatic heterocycles. The fourth-order valence-electron chi connectivity index (χ4n) is 2.16. The van der Waals surface area contributed by atoms with Crippen LogP contribution < -0.4 is 10.5 Å². The van der Waals surface area contributed by atoms with E-state index < -0.39 is 5.97 Å². The number of rotatable bonds is 5. The largest absolute Gasteiger partial charge is 0.492 e. The van der Waals surface area contributed by atoms with Crippen molar-refractivity contribution in [1.82, 2.24) is 4.90 Å². The molecule has 1 aromatic carbocycles. The van der Waals surface area contributed by atoms with Crippen LogP contribution in [0.3, 0.4) is 0 Å². The quantitative estimate of drug-likeness (QED) is 0.835. The Hall–Kier alpha value is -1.59. The number of aromatic carboxylic acids is 1. The minimum atomic E-state index is -0.920. The summed E-state index contributed by atoms with van der Waals surface area (Å²) in [5.74, 6) is -0.213. The molecular weight excluding hydrogens is 244 g/mol. The Kier molecular flexibility index (Phi) is 4.76. The minimum Gasteiger partial charge on any atom is -0.492 e. The van der Waals surface area contributed by atoms with E-state index in [4.69, 9.17) is 15.6 Å². The summed E-state index contributed by atoms with van der Waals surface area (Å²) in [4.78, 5) is 13.0. The van der Waals surface area contributed by atoms with E-state index >= 15 is 0 Å². The summed E-state index contributed by atoms with van der Waals surface area (Å²) >= 11 is 0. The number of ether oxygens (including phenoxy) is 1. The van der Waals surface area contributed by atoms with Crippen molar-refractivity contribution < 1.29 is 14.6 Å². The molecule has 1 fully saturated rings. The molecule has 2 rings (SSSR count). The van der Waals surface area contributed by atoms with Crippen LogP contribution in [0.1, 0.15) is 23.2 Å². The van der Waals surface area contributed by atoms with E-state index in [1.807, 2.05) is 0 Å². The van der Waals surface area contributed by atoms with Crippen molar-refractivity contribution >= 4 is 5.97 Å². The Bertz CT molecular complexity index is 411. The lowest BCUT2D eigenvalue weighted by Gasteiger charge is -2.29. The second-order valence-electron chi connectivity index (χ2n) is 4.86. The van der Waals surface area contributed by atoms with Gasteiger partial charge >= 0.3 is 5.97 Å². The Morgan fingerprint density at radius 1 is 1.32 bits per heavy atom. The van der Waals surface area contributed by atoms with Crippen LogP contribution in [0, 0.1) is 0 Å². The number of likely N-dealkylation sites (tertiary alicyclic amines) is 1. The van der Waals surface area contributed by atoms with Gasteiger partial charge in [-0.25, -0.2) is 4.79 Å². The zero-order chi connectivity index (χ0) is 13.7. The van der Waals surface area contributed by atoms with Crippen LogP contribution in [-0.4, -0.2) is 48.3 Å². The van der Waals surface area contributed by atoms with Gasteiger partial charge in [-0.15, -0.1) is 0 Å². The molecule has 0 atom stereocenters. The van der Waals surface area contributed by atoms with Gasteiger partial charge in [0.25, 0.3) is 0 Å². The fourth-order valence-corrected chi connectivity index (χ4v) is 2.16. The van der Waals surface area contributed by atoms with Gasteiger partial charge in [0.05, 0.1) is 5.56 Å². The average Bonchev–Trinajstić information content (AvgIpc) is 2.41. The molecule has 0 aromatic heterocycles. The second-order valence-corrected chi connectivity index (χ2v) is 4.86. The zero-order valence-electron chi connectivity index (χ0n) is 10.9. The van der Waals surface area contributed by atoms with E-state index in [0.717, 1.165) is 32.5 Å². The number of hydrogen-bond acceptors (Lipinski definition) is 4. The molecule has 5 nitrogen and oxygen atoms in total. The van der Waals surface area contributed by atoms with Gasteiger partial charge in [-0.2, -0.15) is 0 Å². The van der Waals surface area contributed by atoms with E-state index in [-0.39, 0.29) is 5.56 Å². The number of nitrogens with zero attached hydrogens (tertiary/aromatic N) is 1. The van der Waals surface area contributed by atoms with Gasteiger partial charge in [0.2, 0.25) is 0 Å². The first-order valence-electron chi connectivity index (χ1n) is 6.59. The Labute approximate surface area is 113 Å². The lowest BCUT2D eigenvalue weighted by Crippen LogP contribution is -2.41. The maximum atomic E-state index is 10.7. The molecule has 0 spiro atoms. The molecule has 0 unspecified atom stereocenters. The van der Waals surface area contributed by atoms with E-state index in [2.05, 4.69) is 4.90 Å². The summed E-state index contributed by atoms with van der Waals surface area (Å²) in [6.45, 7) is 3.56. The predicted molar refractivity (Wildman–Crippen MR) is 72.5 cm³/mol. The standard InChI is InChI=1S/C14H20N2O3/c15-12-5-7-16(8-6-12)9-10-19-13-3-1-11(2-4-13)14(17)18/h1-4,12H,5-10,15H2,(H,17,18). The summed E-state index contributed by atoms with van der Waals surface area (Å²) in [6, 6.07) is 6.83. The highest BCUT2D eigenvalue weighted by atomic mass is 16.5. The molecule has 0 bridgehead atoms. The maximum Gasteiger partial charge on any atom is 0.335 e. The van der Waals surface area contributed by atoms with Gasteiger partial charge in [-0.1, -0.05) is 0 Å². The van der Waals surface area contributed by atoms with Crippen LogP contribution in [0.5, 0.6) is 5.75 Å². The highest BCUT2D eigenvalue weighted by Gasteiger charge is 2.15. The number of hydrogen-bond donors (Lipinski definition) is 2. The van der Waals surface area contributed by atoms with Gasteiger partial charge < -0.3 is 15.6 Å². The maximum absolute atomic E-state index is 10.7. The molecule has 0 amide bonds. The van der Waals surface area contributed by atoms with Crippen LogP contribution in [0.4, 0.5) is 0 Å². The monoisotopic (exact) mass is 264 g/mol. The van der Waals surface area contributed by atoms with Crippen LogP contribution in [0.2, 0.25) is 0 Å². The van der Waals surface area contributed by atoms with Crippen LogP contribution in [-0.2, 0) is 0 Å². The SMILES string of the molecule is NC1CCN(CCOc2ccc(C(=O)O)cc2)CC1. The smallest absolute Gasteiger partial charge is 0.335 e. The molecule has 1 aromatic rings. The van der Waals surface area contributed by atoms with Gasteiger partial charge in [0, 0.05) is 12.6 Å². The topological polar surface area (TPSA) is 75.8 Å². The molecule has 0 saturated carbocycles. The summed E-state index contributed by atoms with van der Waals surface area (Å²) < 4.78 is 5.60. The van der Waals surface area contributed by atoms with Crippen molar-refractivity contribution in [3.8, 4) is 5.75 Å². The van der Waals surface area contributed by atoms with Crippen LogP contribution >= 0.6 is 0 Å². The number of carboxylic acid groups (broad SMARTS) is 1. The van der Waals surface area contributed by atoms with E-state index in [9.17, 15) is 4.79 Å². The van der Waals surface area contributed by atoms with Crippen LogP contribution in [0.15, 0.2) is 24.3 Å². The predicted octanol–water partition coefficient (Wildman–Crippen LogP) is 1.19. The van der Waals surface area contributed by atoms with Gasteiger partial charge in [-0.05, 0) is 50.2 Å². The summed E-state index contributed by atoms with van der Waals surface area (Å²) in [5, 5.41) is 8.79. The van der Waals surface area contributed by atoms with Gasteiger partial charge in [-0.3, -0.25) is 4.90 Å². The highest BCUT2D eigenvalue weighted by Crippen LogP contribution is 2.13. The molecule has 0 aliphatic carbocycles. The van der Waals surface area contributed by atoms with Crippen molar-refractivity contribution in [2.75, 3.05) is 26.2 Å². The number of carboxylic acids is 1. The third-order valence-electron chi connectivity index (χ3n) is 3.41. The normalized spacial score (nSPS) is 17.3. The average molecular weight is 264 g/mol. The second kappa shape index (κ2) is 6.54.